The summed E-state index contributed by atoms with van der Waals surface area (Å²) in [5.74, 6) is 5.37. The lowest BCUT2D eigenvalue weighted by Gasteiger charge is -2.29. The minimum Gasteiger partial charge on any atom is -0.492 e. The van der Waals surface area contributed by atoms with E-state index >= 15 is 0 Å². The van der Waals surface area contributed by atoms with Crippen molar-refractivity contribution in [1.29, 1.82) is 0 Å². The number of furan rings is 1. The highest BCUT2D eigenvalue weighted by molar-refractivity contribution is 7.99. The van der Waals surface area contributed by atoms with E-state index in [1.165, 1.54) is 26.8 Å². The summed E-state index contributed by atoms with van der Waals surface area (Å²) < 4.78 is 21.6. The van der Waals surface area contributed by atoms with E-state index in [2.05, 4.69) is 89.7 Å². The Morgan fingerprint density at radius 1 is 0.571 bits per heavy atom. The molecule has 0 fully saturated rings. The molecule has 0 unspecified atom stereocenters. The van der Waals surface area contributed by atoms with Gasteiger partial charge >= 0.3 is 0 Å². The molecule has 0 saturated carbocycles. The molecule has 0 radical (unpaired) electrons. The summed E-state index contributed by atoms with van der Waals surface area (Å²) in [7, 11) is 0. The van der Waals surface area contributed by atoms with Crippen molar-refractivity contribution >= 4 is 45.8 Å². The Balaban J connectivity index is 0.000000112. The van der Waals surface area contributed by atoms with Crippen molar-refractivity contribution in [2.75, 3.05) is 25.6 Å². The average Bonchev–Trinajstić information content (AvgIpc) is 3.75. The highest BCUT2D eigenvalue weighted by Gasteiger charge is 2.35. The Hall–Kier alpha value is -1.87. The molecular weight excluding hydrogens is 601 g/mol. The van der Waals surface area contributed by atoms with Crippen LogP contribution in [0.4, 0.5) is 0 Å². The molecule has 42 heavy (non-hydrogen) atoms. The van der Waals surface area contributed by atoms with E-state index in [4.69, 9.17) is 18.6 Å². The van der Waals surface area contributed by atoms with Crippen LogP contribution in [0.5, 0.6) is 17.2 Å². The molecule has 4 aliphatic rings. The van der Waals surface area contributed by atoms with Gasteiger partial charge in [0.2, 0.25) is 0 Å². The first-order valence-electron chi connectivity index (χ1n) is 14.6. The van der Waals surface area contributed by atoms with Crippen LogP contribution in [-0.2, 0) is 21.7 Å². The second-order valence-corrected chi connectivity index (χ2v) is 17.7. The number of fused-ring (bicyclic) bond motifs is 4. The third-order valence-corrected chi connectivity index (χ3v) is 13.1. The van der Waals surface area contributed by atoms with Crippen molar-refractivity contribution in [2.45, 2.75) is 94.8 Å². The van der Waals surface area contributed by atoms with Gasteiger partial charge in [-0.15, -0.1) is 45.8 Å². The van der Waals surface area contributed by atoms with Crippen molar-refractivity contribution in [3.05, 3.63) is 67.1 Å². The molecule has 0 amide bonds. The number of ether oxygens (including phenoxy) is 3. The van der Waals surface area contributed by atoms with Crippen LogP contribution < -0.4 is 14.2 Å². The van der Waals surface area contributed by atoms with Gasteiger partial charge in [0.1, 0.15) is 18.1 Å². The molecular formula is C34H44O4S4. The van der Waals surface area contributed by atoms with E-state index in [-0.39, 0.29) is 10.8 Å². The first-order chi connectivity index (χ1) is 19.8. The molecule has 4 aliphatic heterocycles. The van der Waals surface area contributed by atoms with Crippen LogP contribution in [0, 0.1) is 0 Å². The molecule has 0 aromatic carbocycles. The molecule has 4 aromatic heterocycles. The molecule has 0 atom stereocenters. The summed E-state index contributed by atoms with van der Waals surface area (Å²) in [6.45, 7) is 20.4. The molecule has 0 N–H and O–H groups in total. The number of hydrogen-bond donors (Lipinski definition) is 0. The normalized spacial score (nSPS) is 20.6. The van der Waals surface area contributed by atoms with E-state index < -0.39 is 0 Å². The fourth-order valence-electron chi connectivity index (χ4n) is 5.32. The van der Waals surface area contributed by atoms with E-state index in [0.717, 1.165) is 49.3 Å². The summed E-state index contributed by atoms with van der Waals surface area (Å²) in [6.07, 6.45) is 4.14. The third-order valence-electron chi connectivity index (χ3n) is 8.12. The Morgan fingerprint density at radius 2 is 1.14 bits per heavy atom. The standard InChI is InChI=1S/C9H12OS.C9H12S2.C8H10O2.C8H10OS/c1-9(2)4-5-10-7-3-6-11-8(7)9;1-9(2)4-6-10-7-3-5-11-8(7)9;1-8(2)5-10-6-3-4-9-7(6)8;1-8(2)5-9-6-3-4-10-7(6)8/h3,6H,4-5H2,1-2H3;3,5H,4,6H2,1-2H3;2*3-4H,5H2,1-2H3. The van der Waals surface area contributed by atoms with Crippen LogP contribution in [0.3, 0.4) is 0 Å². The van der Waals surface area contributed by atoms with E-state index in [0.29, 0.717) is 10.8 Å². The van der Waals surface area contributed by atoms with Crippen LogP contribution in [0.1, 0.15) is 88.6 Å². The molecule has 0 spiro atoms. The van der Waals surface area contributed by atoms with E-state index in [1.54, 1.807) is 22.5 Å². The zero-order chi connectivity index (χ0) is 30.2. The number of hydrogen-bond acceptors (Lipinski definition) is 8. The Bertz CT molecular complexity index is 1360. The summed E-state index contributed by atoms with van der Waals surface area (Å²) >= 11 is 7.52. The fourth-order valence-corrected chi connectivity index (χ4v) is 10.0. The quantitative estimate of drug-likeness (QED) is 0.190. The fraction of sp³-hybridized carbons (Fsp3) is 0.529. The van der Waals surface area contributed by atoms with Gasteiger partial charge in [-0.1, -0.05) is 41.5 Å². The van der Waals surface area contributed by atoms with Gasteiger partial charge in [0.15, 0.2) is 11.5 Å². The summed E-state index contributed by atoms with van der Waals surface area (Å²) in [4.78, 5) is 5.91. The van der Waals surface area contributed by atoms with Crippen molar-refractivity contribution in [3.63, 3.8) is 0 Å². The van der Waals surface area contributed by atoms with Gasteiger partial charge in [-0.2, -0.15) is 0 Å². The van der Waals surface area contributed by atoms with Crippen molar-refractivity contribution in [2.24, 2.45) is 0 Å². The molecule has 0 aliphatic carbocycles. The van der Waals surface area contributed by atoms with E-state index in [1.807, 2.05) is 40.5 Å². The molecule has 8 heterocycles. The number of thioether (sulfide) groups is 1. The predicted molar refractivity (Wildman–Crippen MR) is 180 cm³/mol. The minimum absolute atomic E-state index is 0.0683. The Kier molecular flexibility index (Phi) is 9.21. The number of rotatable bonds is 0. The molecule has 228 valence electrons. The monoisotopic (exact) mass is 644 g/mol. The summed E-state index contributed by atoms with van der Waals surface area (Å²) in [5.41, 5.74) is 1.10. The smallest absolute Gasteiger partial charge is 0.161 e. The predicted octanol–water partition coefficient (Wildman–Crippen LogP) is 10.7. The van der Waals surface area contributed by atoms with Gasteiger partial charge in [-0.3, -0.25) is 0 Å². The van der Waals surface area contributed by atoms with Crippen molar-refractivity contribution in [3.8, 4) is 17.2 Å². The van der Waals surface area contributed by atoms with Gasteiger partial charge in [0.25, 0.3) is 0 Å². The highest BCUT2D eigenvalue weighted by Crippen LogP contribution is 2.45. The zero-order valence-electron chi connectivity index (χ0n) is 26.1. The van der Waals surface area contributed by atoms with Gasteiger partial charge < -0.3 is 18.6 Å². The van der Waals surface area contributed by atoms with Crippen LogP contribution in [0.15, 0.2) is 56.0 Å². The van der Waals surface area contributed by atoms with Crippen LogP contribution in [0.25, 0.3) is 0 Å². The van der Waals surface area contributed by atoms with Crippen LogP contribution >= 0.6 is 45.8 Å². The van der Waals surface area contributed by atoms with Crippen LogP contribution in [-0.4, -0.2) is 25.6 Å². The molecule has 4 nitrogen and oxygen atoms in total. The van der Waals surface area contributed by atoms with Gasteiger partial charge in [0, 0.05) is 32.1 Å². The Labute approximate surface area is 267 Å². The van der Waals surface area contributed by atoms with Gasteiger partial charge in [0.05, 0.1) is 34.6 Å². The Morgan fingerprint density at radius 3 is 1.79 bits per heavy atom. The lowest BCUT2D eigenvalue weighted by molar-refractivity contribution is 0.239. The molecule has 0 saturated heterocycles. The molecule has 0 bridgehead atoms. The van der Waals surface area contributed by atoms with Crippen molar-refractivity contribution < 1.29 is 18.6 Å². The van der Waals surface area contributed by atoms with Gasteiger partial charge in [-0.05, 0) is 66.8 Å². The maximum atomic E-state index is 5.51. The van der Waals surface area contributed by atoms with Gasteiger partial charge in [-0.25, -0.2) is 0 Å². The first-order valence-corrected chi connectivity index (χ1v) is 18.3. The maximum absolute atomic E-state index is 5.51. The first kappa shape index (κ1) is 31.6. The lowest BCUT2D eigenvalue weighted by Crippen LogP contribution is -2.24. The lowest BCUT2D eigenvalue weighted by atomic mass is 9.86. The van der Waals surface area contributed by atoms with Crippen molar-refractivity contribution in [1.82, 2.24) is 0 Å². The third kappa shape index (κ3) is 6.77. The maximum Gasteiger partial charge on any atom is 0.161 e. The van der Waals surface area contributed by atoms with Crippen LogP contribution in [0.2, 0.25) is 0 Å². The summed E-state index contributed by atoms with van der Waals surface area (Å²) in [5, 5.41) is 6.41. The average molecular weight is 645 g/mol. The largest absolute Gasteiger partial charge is 0.492 e. The SMILES string of the molecule is CC1(C)CCOc2ccsc21.CC1(C)CCSc2ccsc21.CC1(C)COc2ccoc21.CC1(C)COc2ccsc21. The zero-order valence-corrected chi connectivity index (χ0v) is 29.4. The topological polar surface area (TPSA) is 40.8 Å². The number of thiophene rings is 3. The van der Waals surface area contributed by atoms with E-state index in [9.17, 15) is 0 Å². The molecule has 4 aromatic rings. The molecule has 8 rings (SSSR count). The second kappa shape index (κ2) is 12.3. The minimum atomic E-state index is 0.0683. The molecule has 8 heteroatoms. The second-order valence-electron chi connectivity index (χ2n) is 13.8. The summed E-state index contributed by atoms with van der Waals surface area (Å²) in [6, 6.07) is 8.24. The highest BCUT2D eigenvalue weighted by atomic mass is 32.2.